The van der Waals surface area contributed by atoms with Crippen LogP contribution >= 0.6 is 0 Å². The van der Waals surface area contributed by atoms with Crippen LogP contribution in [0, 0.1) is 0 Å². The van der Waals surface area contributed by atoms with E-state index in [1.807, 2.05) is 0 Å². The zero-order valence-electron chi connectivity index (χ0n) is 23.3. The normalized spacial score (nSPS) is 19.1. The predicted molar refractivity (Wildman–Crippen MR) is 160 cm³/mol. The van der Waals surface area contributed by atoms with E-state index in [1.54, 1.807) is 0 Å². The summed E-state index contributed by atoms with van der Waals surface area (Å²) < 4.78 is 28.4. The zero-order valence-corrected chi connectivity index (χ0v) is 24.2. The predicted octanol–water partition coefficient (Wildman–Crippen LogP) is 4.95. The number of hydrogen-bond acceptors (Lipinski definition) is 4. The van der Waals surface area contributed by atoms with Crippen LogP contribution in [0.3, 0.4) is 0 Å². The van der Waals surface area contributed by atoms with Crippen molar-refractivity contribution in [1.29, 1.82) is 0 Å². The summed E-state index contributed by atoms with van der Waals surface area (Å²) in [6, 6.07) is 12.9. The molecule has 0 unspecified atom stereocenters. The second kappa shape index (κ2) is 10.7. The van der Waals surface area contributed by atoms with E-state index >= 15 is 0 Å². The van der Waals surface area contributed by atoms with Crippen molar-refractivity contribution in [2.24, 2.45) is 0 Å². The summed E-state index contributed by atoms with van der Waals surface area (Å²) in [6.45, 7) is 4.43. The van der Waals surface area contributed by atoms with Crippen molar-refractivity contribution in [2.45, 2.75) is 43.4 Å². The minimum atomic E-state index is -3.44. The first kappa shape index (κ1) is 26.6. The first-order chi connectivity index (χ1) is 18.8. The maximum Gasteiger partial charge on any atom is 0.212 e. The molecule has 2 aliphatic rings. The third-order valence-electron chi connectivity index (χ3n) is 9.29. The summed E-state index contributed by atoms with van der Waals surface area (Å²) >= 11 is 0. The van der Waals surface area contributed by atoms with Crippen LogP contribution in [0.1, 0.15) is 65.7 Å². The summed E-state index contributed by atoms with van der Waals surface area (Å²) in [5.74, 6) is 0.801. The topological polar surface area (TPSA) is 84.2 Å². The summed E-state index contributed by atoms with van der Waals surface area (Å²) in [6.07, 6.45) is 8.93. The first-order valence-corrected chi connectivity index (χ1v) is 16.0. The van der Waals surface area contributed by atoms with Gasteiger partial charge in [0.25, 0.3) is 0 Å². The zero-order chi connectivity index (χ0) is 27.1. The lowest BCUT2D eigenvalue weighted by molar-refractivity contribution is 0.256. The number of likely N-dealkylation sites (tertiary alicyclic amines) is 2. The number of benzene rings is 2. The van der Waals surface area contributed by atoms with Crippen LogP contribution in [0.5, 0.6) is 0 Å². The molecule has 0 radical (unpaired) electrons. The molecule has 4 heterocycles. The minimum absolute atomic E-state index is 0.0163. The molecule has 4 aromatic rings. The number of nitrogens with zero attached hydrogens (tertiary/aromatic N) is 2. The number of rotatable bonds is 7. The Morgan fingerprint density at radius 1 is 0.795 bits per heavy atom. The number of aromatic nitrogens is 2. The van der Waals surface area contributed by atoms with E-state index in [0.717, 1.165) is 74.0 Å². The second-order valence-corrected chi connectivity index (χ2v) is 13.8. The minimum Gasteiger partial charge on any atom is -0.361 e. The van der Waals surface area contributed by atoms with E-state index < -0.39 is 10.0 Å². The highest BCUT2D eigenvalue weighted by Gasteiger charge is 2.26. The lowest BCUT2D eigenvalue weighted by Gasteiger charge is -2.29. The Morgan fingerprint density at radius 3 is 1.64 bits per heavy atom. The number of piperidine rings is 2. The van der Waals surface area contributed by atoms with E-state index in [1.165, 1.54) is 28.9 Å². The van der Waals surface area contributed by atoms with Gasteiger partial charge in [-0.3, -0.25) is 0 Å². The molecule has 2 saturated heterocycles. The first-order valence-electron chi connectivity index (χ1n) is 14.3. The standard InChI is InChI=1S/C31H41N5O2S/c1-32-39(37,38)20-29(23-4-6-30-25(16-23)27(18-33-30)21-8-12-35(2)13-9-21)24-5-7-31-26(17-24)28(19-34-31)22-10-14-36(3)15-11-22/h4-7,16-19,21-22,29,32-34H,8-15,20H2,1-3H3. The largest absolute Gasteiger partial charge is 0.361 e. The summed E-state index contributed by atoms with van der Waals surface area (Å²) in [5, 5.41) is 2.45. The van der Waals surface area contributed by atoms with Gasteiger partial charge in [0.1, 0.15) is 0 Å². The van der Waals surface area contributed by atoms with Gasteiger partial charge in [0.15, 0.2) is 0 Å². The molecular weight excluding hydrogens is 506 g/mol. The van der Waals surface area contributed by atoms with E-state index in [9.17, 15) is 8.42 Å². The van der Waals surface area contributed by atoms with Gasteiger partial charge in [-0.2, -0.15) is 0 Å². The lowest BCUT2D eigenvalue weighted by Crippen LogP contribution is -2.29. The molecule has 208 valence electrons. The van der Waals surface area contributed by atoms with E-state index in [2.05, 4.69) is 87.4 Å². The van der Waals surface area contributed by atoms with Crippen molar-refractivity contribution in [1.82, 2.24) is 24.5 Å². The molecule has 2 aliphatic heterocycles. The third kappa shape index (κ3) is 5.40. The molecule has 0 amide bonds. The number of H-pyrrole nitrogens is 2. The molecule has 3 N–H and O–H groups in total. The monoisotopic (exact) mass is 547 g/mol. The van der Waals surface area contributed by atoms with Crippen molar-refractivity contribution in [3.05, 3.63) is 71.0 Å². The molecule has 0 bridgehead atoms. The Kier molecular flexibility index (Phi) is 7.31. The van der Waals surface area contributed by atoms with Gasteiger partial charge in [0, 0.05) is 40.1 Å². The molecule has 8 heteroatoms. The third-order valence-corrected chi connectivity index (χ3v) is 10.7. The number of fused-ring (bicyclic) bond motifs is 2. The molecule has 0 atom stereocenters. The SMILES string of the molecule is CNS(=O)(=O)CC(c1ccc2[nH]cc(C3CCN(C)CC3)c2c1)c1ccc2[nH]cc(C3CCN(C)CC3)c2c1. The van der Waals surface area contributed by atoms with Gasteiger partial charge in [-0.25, -0.2) is 13.1 Å². The van der Waals surface area contributed by atoms with Crippen molar-refractivity contribution in [3.63, 3.8) is 0 Å². The van der Waals surface area contributed by atoms with Crippen LogP contribution in [-0.4, -0.2) is 81.3 Å². The Morgan fingerprint density at radius 2 is 1.23 bits per heavy atom. The van der Waals surface area contributed by atoms with Gasteiger partial charge in [-0.05, 0) is 131 Å². The highest BCUT2D eigenvalue weighted by Crippen LogP contribution is 2.38. The van der Waals surface area contributed by atoms with E-state index in [0.29, 0.717) is 11.8 Å². The molecule has 2 aromatic heterocycles. The average Bonchev–Trinajstić information content (AvgIpc) is 3.56. The molecule has 0 spiro atoms. The van der Waals surface area contributed by atoms with Gasteiger partial charge >= 0.3 is 0 Å². The number of sulfonamides is 1. The summed E-state index contributed by atoms with van der Waals surface area (Å²) in [7, 11) is 2.44. The fourth-order valence-electron chi connectivity index (χ4n) is 6.76. The van der Waals surface area contributed by atoms with Gasteiger partial charge < -0.3 is 19.8 Å². The molecule has 2 fully saturated rings. The summed E-state index contributed by atoms with van der Waals surface area (Å²) in [5.41, 5.74) is 7.06. The van der Waals surface area contributed by atoms with Crippen LogP contribution in [-0.2, 0) is 10.0 Å². The lowest BCUT2D eigenvalue weighted by atomic mass is 9.86. The smallest absolute Gasteiger partial charge is 0.212 e. The van der Waals surface area contributed by atoms with Crippen LogP contribution in [0.25, 0.3) is 21.8 Å². The molecule has 0 aliphatic carbocycles. The Hall–Kier alpha value is -2.65. The Labute approximate surface area is 232 Å². The van der Waals surface area contributed by atoms with Crippen LogP contribution in [0.4, 0.5) is 0 Å². The van der Waals surface area contributed by atoms with Crippen LogP contribution in [0.15, 0.2) is 48.8 Å². The van der Waals surface area contributed by atoms with Crippen LogP contribution < -0.4 is 4.72 Å². The maximum absolute atomic E-state index is 12.9. The molecule has 6 rings (SSSR count). The van der Waals surface area contributed by atoms with E-state index in [-0.39, 0.29) is 11.7 Å². The maximum atomic E-state index is 12.9. The van der Waals surface area contributed by atoms with E-state index in [4.69, 9.17) is 0 Å². The number of aromatic amines is 2. The Balaban J connectivity index is 1.41. The number of nitrogens with one attached hydrogen (secondary N) is 3. The highest BCUT2D eigenvalue weighted by molar-refractivity contribution is 7.89. The van der Waals surface area contributed by atoms with Crippen LogP contribution in [0.2, 0.25) is 0 Å². The van der Waals surface area contributed by atoms with Crippen molar-refractivity contribution >= 4 is 31.8 Å². The molecular formula is C31H41N5O2S. The summed E-state index contributed by atoms with van der Waals surface area (Å²) in [4.78, 5) is 11.7. The quantitative estimate of drug-likeness (QED) is 0.306. The van der Waals surface area contributed by atoms with Gasteiger partial charge in [-0.15, -0.1) is 0 Å². The molecule has 2 aromatic carbocycles. The Bertz CT molecular complexity index is 1460. The van der Waals surface area contributed by atoms with Gasteiger partial charge in [0.05, 0.1) is 5.75 Å². The molecule has 39 heavy (non-hydrogen) atoms. The fourth-order valence-corrected chi connectivity index (χ4v) is 7.75. The van der Waals surface area contributed by atoms with Crippen molar-refractivity contribution in [2.75, 3.05) is 53.1 Å². The second-order valence-electron chi connectivity index (χ2n) is 11.8. The molecule has 0 saturated carbocycles. The number of hydrogen-bond donors (Lipinski definition) is 3. The molecule has 7 nitrogen and oxygen atoms in total. The van der Waals surface area contributed by atoms with Crippen molar-refractivity contribution in [3.8, 4) is 0 Å². The highest BCUT2D eigenvalue weighted by atomic mass is 32.2. The average molecular weight is 548 g/mol. The fraction of sp³-hybridized carbons (Fsp3) is 0.484. The van der Waals surface area contributed by atoms with Crippen molar-refractivity contribution < 1.29 is 8.42 Å². The van der Waals surface area contributed by atoms with Gasteiger partial charge in [-0.1, -0.05) is 12.1 Å². The van der Waals surface area contributed by atoms with Gasteiger partial charge in [0.2, 0.25) is 10.0 Å².